The second-order valence-electron chi connectivity index (χ2n) is 3.86. The van der Waals surface area contributed by atoms with Gasteiger partial charge in [-0.05, 0) is 24.3 Å². The van der Waals surface area contributed by atoms with E-state index in [1.54, 1.807) is 24.8 Å². The van der Waals surface area contributed by atoms with Gasteiger partial charge in [-0.1, -0.05) is 0 Å². The molecule has 1 aromatic heterocycles. The van der Waals surface area contributed by atoms with E-state index in [2.05, 4.69) is 4.99 Å². The van der Waals surface area contributed by atoms with Crippen LogP contribution < -0.4 is 16.2 Å². The Kier molecular flexibility index (Phi) is 2.93. The lowest BCUT2D eigenvalue weighted by atomic mass is 10.2. The predicted octanol–water partition coefficient (Wildman–Crippen LogP) is 0.601. The molecule has 1 aromatic carbocycles. The largest absolute Gasteiger partial charge is 0.497 e. The summed E-state index contributed by atoms with van der Waals surface area (Å²) in [5.41, 5.74) is 11.7. The number of guanidine groups is 1. The van der Waals surface area contributed by atoms with Crippen molar-refractivity contribution in [1.82, 2.24) is 4.57 Å². The van der Waals surface area contributed by atoms with Crippen molar-refractivity contribution in [3.63, 3.8) is 0 Å². The number of nitrogens with zero attached hydrogens (tertiary/aromatic N) is 2. The minimum absolute atomic E-state index is 0.247. The van der Waals surface area contributed by atoms with Crippen molar-refractivity contribution in [2.24, 2.45) is 23.5 Å². The van der Waals surface area contributed by atoms with Crippen LogP contribution in [0.3, 0.4) is 0 Å². The number of aryl methyl sites for hydroxylation is 1. The zero-order valence-electron chi connectivity index (χ0n) is 10.2. The Balaban J connectivity index is 2.56. The number of hydrogen-bond donors (Lipinski definition) is 2. The highest BCUT2D eigenvalue weighted by molar-refractivity contribution is 6.04. The first-order chi connectivity index (χ1) is 8.52. The first-order valence-corrected chi connectivity index (χ1v) is 5.30. The van der Waals surface area contributed by atoms with Gasteiger partial charge in [0.2, 0.25) is 0 Å². The van der Waals surface area contributed by atoms with E-state index in [-0.39, 0.29) is 5.96 Å². The van der Waals surface area contributed by atoms with Crippen molar-refractivity contribution in [2.75, 3.05) is 7.11 Å². The summed E-state index contributed by atoms with van der Waals surface area (Å²) in [7, 11) is 3.37. The molecule has 2 rings (SSSR count). The number of hydrogen-bond acceptors (Lipinski definition) is 2. The molecule has 1 heterocycles. The number of nitrogens with two attached hydrogens (primary N) is 2. The third-order valence-corrected chi connectivity index (χ3v) is 2.70. The second-order valence-corrected chi connectivity index (χ2v) is 3.86. The van der Waals surface area contributed by atoms with E-state index >= 15 is 0 Å². The average Bonchev–Trinajstić information content (AvgIpc) is 2.65. The van der Waals surface area contributed by atoms with E-state index < -0.39 is 5.91 Å². The molecule has 0 saturated carbocycles. The smallest absolute Gasteiger partial charge is 0.296 e. The van der Waals surface area contributed by atoms with Crippen LogP contribution in [0.2, 0.25) is 0 Å². The van der Waals surface area contributed by atoms with Crippen molar-refractivity contribution < 1.29 is 9.53 Å². The van der Waals surface area contributed by atoms with Crippen molar-refractivity contribution in [2.45, 2.75) is 0 Å². The summed E-state index contributed by atoms with van der Waals surface area (Å²) in [6, 6.07) is 7.28. The minimum atomic E-state index is -0.465. The molecule has 0 saturated heterocycles. The predicted molar refractivity (Wildman–Crippen MR) is 69.6 cm³/mol. The molecule has 0 aliphatic carbocycles. The summed E-state index contributed by atoms with van der Waals surface area (Å²) in [6.45, 7) is 0. The number of rotatable bonds is 2. The zero-order valence-corrected chi connectivity index (χ0v) is 10.2. The van der Waals surface area contributed by atoms with Crippen LogP contribution in [0.15, 0.2) is 29.3 Å². The average molecular weight is 246 g/mol. The number of methoxy groups -OCH3 is 1. The molecule has 0 spiro atoms. The van der Waals surface area contributed by atoms with Crippen LogP contribution in [-0.4, -0.2) is 23.5 Å². The van der Waals surface area contributed by atoms with Crippen LogP contribution in [0, 0.1) is 0 Å². The first kappa shape index (κ1) is 12.0. The molecular weight excluding hydrogens is 232 g/mol. The van der Waals surface area contributed by atoms with Crippen molar-refractivity contribution >= 4 is 22.8 Å². The summed E-state index contributed by atoms with van der Waals surface area (Å²) in [4.78, 5) is 15.3. The van der Waals surface area contributed by atoms with Crippen molar-refractivity contribution in [3.8, 4) is 5.75 Å². The van der Waals surface area contributed by atoms with Gasteiger partial charge in [0.25, 0.3) is 5.91 Å². The van der Waals surface area contributed by atoms with Crippen molar-refractivity contribution in [1.29, 1.82) is 0 Å². The van der Waals surface area contributed by atoms with Crippen molar-refractivity contribution in [3.05, 3.63) is 30.0 Å². The fraction of sp³-hybridized carbons (Fsp3) is 0.167. The molecular formula is C12H14N4O2. The number of aromatic nitrogens is 1. The van der Waals surface area contributed by atoms with Gasteiger partial charge in [0.15, 0.2) is 5.96 Å². The molecule has 0 bridgehead atoms. The summed E-state index contributed by atoms with van der Waals surface area (Å²) < 4.78 is 6.87. The Morgan fingerprint density at radius 3 is 2.67 bits per heavy atom. The van der Waals surface area contributed by atoms with Crippen LogP contribution >= 0.6 is 0 Å². The molecule has 1 amide bonds. The van der Waals surface area contributed by atoms with Gasteiger partial charge in [0, 0.05) is 18.0 Å². The third-order valence-electron chi connectivity index (χ3n) is 2.70. The number of aliphatic imine (C=N–C) groups is 1. The standard InChI is InChI=1S/C12H14N4O2/c1-16-9-4-3-8(18-2)5-7(9)6-10(16)11(17)15-12(13)14/h3-6H,1-2H3,(H4,13,14,15,17). The van der Waals surface area contributed by atoms with Gasteiger partial charge in [-0.25, -0.2) is 0 Å². The molecule has 0 unspecified atom stereocenters. The van der Waals surface area contributed by atoms with Gasteiger partial charge in [-0.3, -0.25) is 4.79 Å². The molecule has 94 valence electrons. The number of benzene rings is 1. The van der Waals surface area contributed by atoms with Gasteiger partial charge in [0.1, 0.15) is 11.4 Å². The van der Waals surface area contributed by atoms with Gasteiger partial charge < -0.3 is 20.8 Å². The topological polar surface area (TPSA) is 95.6 Å². The lowest BCUT2D eigenvalue weighted by Gasteiger charge is -2.01. The van der Waals surface area contributed by atoms with E-state index in [9.17, 15) is 4.79 Å². The van der Waals surface area contributed by atoms with E-state index in [1.807, 2.05) is 18.2 Å². The number of ether oxygens (including phenoxy) is 1. The number of fused-ring (bicyclic) bond motifs is 1. The normalized spacial score (nSPS) is 10.3. The summed E-state index contributed by atoms with van der Waals surface area (Å²) in [6.07, 6.45) is 0. The van der Waals surface area contributed by atoms with E-state index in [0.717, 1.165) is 16.7 Å². The quantitative estimate of drug-likeness (QED) is 0.599. The molecule has 2 aromatic rings. The van der Waals surface area contributed by atoms with Crippen LogP contribution in [0.1, 0.15) is 10.5 Å². The lowest BCUT2D eigenvalue weighted by molar-refractivity contribution is 0.0995. The van der Waals surface area contributed by atoms with E-state index in [4.69, 9.17) is 16.2 Å². The third kappa shape index (κ3) is 2.00. The zero-order chi connectivity index (χ0) is 13.3. The molecule has 0 radical (unpaired) electrons. The molecule has 4 N–H and O–H groups in total. The Labute approximate surface area is 104 Å². The van der Waals surface area contributed by atoms with E-state index in [1.165, 1.54) is 0 Å². The lowest BCUT2D eigenvalue weighted by Crippen LogP contribution is -2.24. The Morgan fingerprint density at radius 1 is 1.33 bits per heavy atom. The van der Waals surface area contributed by atoms with Crippen LogP contribution in [0.25, 0.3) is 10.9 Å². The molecule has 6 heteroatoms. The monoisotopic (exact) mass is 246 g/mol. The summed E-state index contributed by atoms with van der Waals surface area (Å²) in [5.74, 6) is 0.0180. The fourth-order valence-corrected chi connectivity index (χ4v) is 1.83. The van der Waals surface area contributed by atoms with Gasteiger partial charge >= 0.3 is 0 Å². The maximum absolute atomic E-state index is 11.8. The highest BCUT2D eigenvalue weighted by Gasteiger charge is 2.13. The molecule has 0 aliphatic rings. The van der Waals surface area contributed by atoms with Crippen LogP contribution in [-0.2, 0) is 7.05 Å². The maximum Gasteiger partial charge on any atom is 0.296 e. The molecule has 0 aliphatic heterocycles. The van der Waals surface area contributed by atoms with Gasteiger partial charge in [0.05, 0.1) is 7.11 Å². The molecule has 0 fully saturated rings. The molecule has 18 heavy (non-hydrogen) atoms. The Morgan fingerprint density at radius 2 is 2.06 bits per heavy atom. The SMILES string of the molecule is COc1ccc2c(c1)cc(C(=O)N=C(N)N)n2C. The summed E-state index contributed by atoms with van der Waals surface area (Å²) >= 11 is 0. The fourth-order valence-electron chi connectivity index (χ4n) is 1.83. The van der Waals surface area contributed by atoms with Gasteiger partial charge in [-0.2, -0.15) is 4.99 Å². The highest BCUT2D eigenvalue weighted by atomic mass is 16.5. The number of carbonyl (C=O) groups is 1. The first-order valence-electron chi connectivity index (χ1n) is 5.30. The number of amides is 1. The minimum Gasteiger partial charge on any atom is -0.497 e. The van der Waals surface area contributed by atoms with Gasteiger partial charge in [-0.15, -0.1) is 0 Å². The van der Waals surface area contributed by atoms with Crippen LogP contribution in [0.4, 0.5) is 0 Å². The summed E-state index contributed by atoms with van der Waals surface area (Å²) in [5, 5.41) is 0.894. The molecule has 0 atom stereocenters. The maximum atomic E-state index is 11.8. The molecule has 6 nitrogen and oxygen atoms in total. The number of carbonyl (C=O) groups excluding carboxylic acids is 1. The van der Waals surface area contributed by atoms with E-state index in [0.29, 0.717) is 5.69 Å². The Bertz CT molecular complexity index is 639. The Hall–Kier alpha value is -2.50. The van der Waals surface area contributed by atoms with Crippen LogP contribution in [0.5, 0.6) is 5.75 Å². The highest BCUT2D eigenvalue weighted by Crippen LogP contribution is 2.24. The second kappa shape index (κ2) is 4.40.